The highest BCUT2D eigenvalue weighted by Crippen LogP contribution is 2.26. The van der Waals surface area contributed by atoms with Crippen LogP contribution in [-0.4, -0.2) is 25.3 Å². The Morgan fingerprint density at radius 2 is 2.03 bits per heavy atom. The van der Waals surface area contributed by atoms with E-state index in [1.807, 2.05) is 13.0 Å². The Bertz CT molecular complexity index is 1310. The van der Waals surface area contributed by atoms with Crippen LogP contribution in [0.15, 0.2) is 53.6 Å². The lowest BCUT2D eigenvalue weighted by molar-refractivity contribution is 0.601. The fourth-order valence-electron chi connectivity index (χ4n) is 3.24. The molecule has 0 bridgehead atoms. The van der Waals surface area contributed by atoms with Crippen molar-refractivity contribution in [3.63, 3.8) is 0 Å². The number of anilines is 2. The van der Waals surface area contributed by atoms with E-state index in [0.29, 0.717) is 21.9 Å². The number of halogens is 2. The first kappa shape index (κ1) is 19.8. The second kappa shape index (κ2) is 8.08. The van der Waals surface area contributed by atoms with Crippen LogP contribution in [0.3, 0.4) is 0 Å². The third kappa shape index (κ3) is 3.57. The maximum absolute atomic E-state index is 14.4. The van der Waals surface area contributed by atoms with Gasteiger partial charge in [-0.05, 0) is 30.7 Å². The Balaban J connectivity index is 1.92. The van der Waals surface area contributed by atoms with Crippen LogP contribution in [0.25, 0.3) is 11.2 Å². The number of hydrogen-bond donors (Lipinski definition) is 2. The normalized spacial score (nSPS) is 11.0. The van der Waals surface area contributed by atoms with E-state index < -0.39 is 5.56 Å². The molecule has 0 unspecified atom stereocenters. The van der Waals surface area contributed by atoms with Crippen LogP contribution in [0, 0.1) is 18.2 Å². The Labute approximate surface area is 176 Å². The molecule has 2 heterocycles. The summed E-state index contributed by atoms with van der Waals surface area (Å²) in [5.74, 6) is -0.144. The molecule has 4 rings (SSSR count). The predicted molar refractivity (Wildman–Crippen MR) is 116 cm³/mol. The number of imidazole rings is 1. The van der Waals surface area contributed by atoms with Gasteiger partial charge < -0.3 is 15.3 Å². The maximum Gasteiger partial charge on any atom is 0.300 e. The number of fused-ring (bicyclic) bond motifs is 1. The van der Waals surface area contributed by atoms with E-state index in [1.54, 1.807) is 39.5 Å². The van der Waals surface area contributed by atoms with Crippen molar-refractivity contribution in [3.8, 4) is 0 Å². The molecule has 9 heteroatoms. The van der Waals surface area contributed by atoms with Crippen molar-refractivity contribution in [2.45, 2.75) is 20.0 Å². The summed E-state index contributed by atoms with van der Waals surface area (Å²) in [6.07, 6.45) is 2.65. The van der Waals surface area contributed by atoms with E-state index in [1.165, 1.54) is 18.6 Å². The van der Waals surface area contributed by atoms with Gasteiger partial charge in [0.2, 0.25) is 5.95 Å². The zero-order valence-electron chi connectivity index (χ0n) is 16.1. The van der Waals surface area contributed by atoms with E-state index in [4.69, 9.17) is 17.0 Å². The fraction of sp³-hybridized carbons (Fsp3) is 0.143. The molecule has 2 aromatic heterocycles. The predicted octanol–water partition coefficient (Wildman–Crippen LogP) is 4.14. The first-order chi connectivity index (χ1) is 14.5. The summed E-state index contributed by atoms with van der Waals surface area (Å²) in [7, 11) is 0. The van der Waals surface area contributed by atoms with Gasteiger partial charge in [-0.25, -0.2) is 9.37 Å². The van der Waals surface area contributed by atoms with Crippen molar-refractivity contribution < 1.29 is 4.39 Å². The molecule has 0 amide bonds. The van der Waals surface area contributed by atoms with E-state index in [9.17, 15) is 9.18 Å². The number of aromatic nitrogens is 4. The van der Waals surface area contributed by atoms with Gasteiger partial charge in [-0.3, -0.25) is 9.36 Å². The SMILES string of the molecule is Cc1c(Cl)cccc1Nc1nc(=O)c2c(ncn2CC=N)n1Cc1ccccc1F. The topological polar surface area (TPSA) is 88.6 Å². The summed E-state index contributed by atoms with van der Waals surface area (Å²) in [5, 5.41) is 11.1. The van der Waals surface area contributed by atoms with Crippen LogP contribution in [0.4, 0.5) is 16.0 Å². The van der Waals surface area contributed by atoms with Gasteiger partial charge in [0.25, 0.3) is 0 Å². The molecule has 0 spiro atoms. The Morgan fingerprint density at radius 1 is 1.23 bits per heavy atom. The van der Waals surface area contributed by atoms with Crippen molar-refractivity contribution in [1.82, 2.24) is 19.1 Å². The minimum absolute atomic E-state index is 0.111. The van der Waals surface area contributed by atoms with Gasteiger partial charge in [-0.1, -0.05) is 35.9 Å². The molecule has 0 aliphatic carbocycles. The molecular weight excluding hydrogens is 407 g/mol. The molecule has 2 N–H and O–H groups in total. The van der Waals surface area contributed by atoms with Crippen LogP contribution in [0.5, 0.6) is 0 Å². The fourth-order valence-corrected chi connectivity index (χ4v) is 3.41. The molecule has 4 aromatic rings. The molecule has 30 heavy (non-hydrogen) atoms. The number of benzene rings is 2. The van der Waals surface area contributed by atoms with Crippen molar-refractivity contribution in [2.24, 2.45) is 0 Å². The van der Waals surface area contributed by atoms with Crippen molar-refractivity contribution in [2.75, 3.05) is 5.32 Å². The molecule has 0 fully saturated rings. The Kier molecular flexibility index (Phi) is 5.33. The second-order valence-corrected chi connectivity index (χ2v) is 7.14. The van der Waals surface area contributed by atoms with Crippen molar-refractivity contribution in [3.05, 3.63) is 81.1 Å². The van der Waals surface area contributed by atoms with E-state index in [-0.39, 0.29) is 30.4 Å². The molecule has 0 saturated carbocycles. The summed E-state index contributed by atoms with van der Waals surface area (Å²) in [5.41, 5.74) is 2.01. The van der Waals surface area contributed by atoms with Crippen LogP contribution in [0.1, 0.15) is 11.1 Å². The first-order valence-corrected chi connectivity index (χ1v) is 9.57. The highest BCUT2D eigenvalue weighted by atomic mass is 35.5. The molecule has 0 aliphatic heterocycles. The van der Waals surface area contributed by atoms with Crippen LogP contribution >= 0.6 is 11.6 Å². The Morgan fingerprint density at radius 3 is 2.80 bits per heavy atom. The molecule has 0 radical (unpaired) electrons. The highest BCUT2D eigenvalue weighted by Gasteiger charge is 2.18. The van der Waals surface area contributed by atoms with Gasteiger partial charge in [-0.2, -0.15) is 4.98 Å². The van der Waals surface area contributed by atoms with Gasteiger partial charge in [0.05, 0.1) is 19.4 Å². The summed E-state index contributed by atoms with van der Waals surface area (Å²) < 4.78 is 17.6. The highest BCUT2D eigenvalue weighted by molar-refractivity contribution is 6.31. The lowest BCUT2D eigenvalue weighted by Gasteiger charge is -2.17. The average molecular weight is 425 g/mol. The van der Waals surface area contributed by atoms with Gasteiger partial charge in [0.15, 0.2) is 11.2 Å². The summed E-state index contributed by atoms with van der Waals surface area (Å²) in [6, 6.07) is 11.8. The maximum atomic E-state index is 14.4. The minimum Gasteiger partial charge on any atom is -0.325 e. The minimum atomic E-state index is -0.490. The standard InChI is InChI=1S/C21H18ClFN6O/c1-13-15(22)6-4-8-17(13)26-21-27-20(30)18-19(25-12-28(18)10-9-24)29(21)11-14-5-2-3-7-16(14)23/h2-9,12,24H,10-11H2,1H3,(H,26,27,30). The first-order valence-electron chi connectivity index (χ1n) is 9.19. The second-order valence-electron chi connectivity index (χ2n) is 6.73. The van der Waals surface area contributed by atoms with Crippen LogP contribution in [-0.2, 0) is 13.1 Å². The van der Waals surface area contributed by atoms with Crippen LogP contribution < -0.4 is 10.9 Å². The molecule has 2 aromatic carbocycles. The molecular formula is C21H18ClFN6O. The third-order valence-corrected chi connectivity index (χ3v) is 5.24. The number of nitrogens with one attached hydrogen (secondary N) is 2. The van der Waals surface area contributed by atoms with Gasteiger partial charge in [-0.15, -0.1) is 0 Å². The van der Waals surface area contributed by atoms with E-state index >= 15 is 0 Å². The van der Waals surface area contributed by atoms with E-state index in [0.717, 1.165) is 5.56 Å². The molecule has 7 nitrogen and oxygen atoms in total. The van der Waals surface area contributed by atoms with Crippen molar-refractivity contribution >= 4 is 40.6 Å². The quantitative estimate of drug-likeness (QED) is 0.455. The molecule has 0 atom stereocenters. The van der Waals surface area contributed by atoms with Gasteiger partial charge >= 0.3 is 5.56 Å². The molecule has 0 aliphatic rings. The van der Waals surface area contributed by atoms with E-state index in [2.05, 4.69) is 15.3 Å². The third-order valence-electron chi connectivity index (χ3n) is 4.83. The average Bonchev–Trinajstić information content (AvgIpc) is 3.14. The van der Waals surface area contributed by atoms with Gasteiger partial charge in [0.1, 0.15) is 5.82 Å². The number of hydrogen-bond acceptors (Lipinski definition) is 5. The largest absolute Gasteiger partial charge is 0.325 e. The molecule has 152 valence electrons. The lowest BCUT2D eigenvalue weighted by atomic mass is 10.2. The Hall–Kier alpha value is -3.52. The van der Waals surface area contributed by atoms with Crippen molar-refractivity contribution in [1.29, 1.82) is 5.41 Å². The zero-order chi connectivity index (χ0) is 21.3. The lowest BCUT2D eigenvalue weighted by Crippen LogP contribution is -2.20. The summed E-state index contributed by atoms with van der Waals surface area (Å²) >= 11 is 6.22. The number of nitrogens with zero attached hydrogens (tertiary/aromatic N) is 4. The monoisotopic (exact) mass is 424 g/mol. The number of rotatable bonds is 6. The zero-order valence-corrected chi connectivity index (χ0v) is 16.8. The smallest absolute Gasteiger partial charge is 0.300 e. The molecule has 0 saturated heterocycles. The summed E-state index contributed by atoms with van der Waals surface area (Å²) in [4.78, 5) is 21.3. The summed E-state index contributed by atoms with van der Waals surface area (Å²) in [6.45, 7) is 2.15. The van der Waals surface area contributed by atoms with Crippen LogP contribution in [0.2, 0.25) is 5.02 Å². The van der Waals surface area contributed by atoms with Gasteiger partial charge in [0, 0.05) is 22.5 Å².